The molecule has 1 aromatic rings. The standard InChI is InChI=1S/C10H9ClN4O/c1-2-6-3-9(16)15(5-6)8-4-7(11)13-10(12)14-8/h1,4,6H,3,5H2,(H2,12,13,14). The van der Waals surface area contributed by atoms with E-state index in [9.17, 15) is 4.79 Å². The molecule has 5 nitrogen and oxygen atoms in total. The lowest BCUT2D eigenvalue weighted by Gasteiger charge is -2.14. The number of nitrogen functional groups attached to an aromatic ring is 1. The van der Waals surface area contributed by atoms with Crippen LogP contribution in [-0.2, 0) is 4.79 Å². The summed E-state index contributed by atoms with van der Waals surface area (Å²) >= 11 is 5.74. The van der Waals surface area contributed by atoms with Gasteiger partial charge in [0.15, 0.2) is 0 Å². The lowest BCUT2D eigenvalue weighted by Crippen LogP contribution is -2.25. The van der Waals surface area contributed by atoms with E-state index in [0.29, 0.717) is 18.8 Å². The van der Waals surface area contributed by atoms with Gasteiger partial charge >= 0.3 is 0 Å². The zero-order valence-corrected chi connectivity index (χ0v) is 9.11. The molecule has 1 aliphatic rings. The first-order valence-electron chi connectivity index (χ1n) is 4.66. The van der Waals surface area contributed by atoms with Gasteiger partial charge in [-0.1, -0.05) is 11.6 Å². The molecule has 0 aliphatic carbocycles. The minimum absolute atomic E-state index is 0.0412. The summed E-state index contributed by atoms with van der Waals surface area (Å²) < 4.78 is 0. The third-order valence-electron chi connectivity index (χ3n) is 2.34. The predicted molar refractivity (Wildman–Crippen MR) is 60.7 cm³/mol. The number of carbonyl (C=O) groups is 1. The van der Waals surface area contributed by atoms with E-state index < -0.39 is 0 Å². The summed E-state index contributed by atoms with van der Waals surface area (Å²) in [6.45, 7) is 0.447. The molecule has 0 bridgehead atoms. The van der Waals surface area contributed by atoms with Crippen molar-refractivity contribution >= 4 is 29.3 Å². The van der Waals surface area contributed by atoms with Crippen LogP contribution >= 0.6 is 11.6 Å². The Hall–Kier alpha value is -1.80. The van der Waals surface area contributed by atoms with Crippen molar-refractivity contribution in [2.45, 2.75) is 6.42 Å². The van der Waals surface area contributed by atoms with Gasteiger partial charge in [-0.15, -0.1) is 12.3 Å². The lowest BCUT2D eigenvalue weighted by molar-refractivity contribution is -0.117. The molecule has 2 heterocycles. The van der Waals surface area contributed by atoms with E-state index in [4.69, 9.17) is 23.8 Å². The van der Waals surface area contributed by atoms with Crippen molar-refractivity contribution in [3.63, 3.8) is 0 Å². The minimum atomic E-state index is -0.0811. The first-order valence-corrected chi connectivity index (χ1v) is 5.04. The second-order valence-corrected chi connectivity index (χ2v) is 3.87. The summed E-state index contributed by atoms with van der Waals surface area (Å²) in [5, 5.41) is 0.208. The Labute approximate surface area is 97.6 Å². The molecule has 1 amide bonds. The summed E-state index contributed by atoms with van der Waals surface area (Å²) in [5.74, 6) is 2.84. The zero-order chi connectivity index (χ0) is 11.7. The van der Waals surface area contributed by atoms with Gasteiger partial charge < -0.3 is 5.73 Å². The summed E-state index contributed by atoms with van der Waals surface area (Å²) in [5.41, 5.74) is 5.45. The number of halogens is 1. The van der Waals surface area contributed by atoms with Gasteiger partial charge in [0.1, 0.15) is 11.0 Å². The Morgan fingerprint density at radius 3 is 2.94 bits per heavy atom. The molecular formula is C10H9ClN4O. The van der Waals surface area contributed by atoms with Crippen molar-refractivity contribution < 1.29 is 4.79 Å². The van der Waals surface area contributed by atoms with E-state index >= 15 is 0 Å². The van der Waals surface area contributed by atoms with Crippen molar-refractivity contribution in [2.24, 2.45) is 5.92 Å². The molecule has 6 heteroatoms. The van der Waals surface area contributed by atoms with Crippen LogP contribution < -0.4 is 10.6 Å². The summed E-state index contributed by atoms with van der Waals surface area (Å²) in [7, 11) is 0. The third kappa shape index (κ3) is 1.92. The van der Waals surface area contributed by atoms with Gasteiger partial charge in [0.05, 0.1) is 0 Å². The van der Waals surface area contributed by atoms with Crippen LogP contribution in [-0.4, -0.2) is 22.4 Å². The number of anilines is 2. The van der Waals surface area contributed by atoms with E-state index in [2.05, 4.69) is 15.9 Å². The van der Waals surface area contributed by atoms with Crippen LogP contribution in [0.2, 0.25) is 5.15 Å². The van der Waals surface area contributed by atoms with E-state index in [0.717, 1.165) is 0 Å². The number of carbonyl (C=O) groups excluding carboxylic acids is 1. The maximum absolute atomic E-state index is 11.7. The Balaban J connectivity index is 2.32. The monoisotopic (exact) mass is 236 g/mol. The summed E-state index contributed by atoms with van der Waals surface area (Å²) in [6.07, 6.45) is 5.62. The molecule has 82 valence electrons. The molecule has 0 saturated carbocycles. The van der Waals surface area contributed by atoms with Crippen LogP contribution in [0.5, 0.6) is 0 Å². The number of nitrogens with zero attached hydrogens (tertiary/aromatic N) is 3. The van der Waals surface area contributed by atoms with Crippen molar-refractivity contribution in [2.75, 3.05) is 17.2 Å². The second kappa shape index (κ2) is 3.99. The fourth-order valence-corrected chi connectivity index (χ4v) is 1.79. The van der Waals surface area contributed by atoms with E-state index in [-0.39, 0.29) is 22.9 Å². The molecule has 1 aliphatic heterocycles. The van der Waals surface area contributed by atoms with Gasteiger partial charge in [0.2, 0.25) is 11.9 Å². The summed E-state index contributed by atoms with van der Waals surface area (Å²) in [4.78, 5) is 20.8. The molecule has 0 spiro atoms. The number of rotatable bonds is 1. The van der Waals surface area contributed by atoms with Gasteiger partial charge in [-0.3, -0.25) is 9.69 Å². The third-order valence-corrected chi connectivity index (χ3v) is 2.53. The predicted octanol–water partition coefficient (Wildman–Crippen LogP) is 0.698. The van der Waals surface area contributed by atoms with Crippen LogP contribution in [0.15, 0.2) is 6.07 Å². The van der Waals surface area contributed by atoms with Crippen LogP contribution in [0, 0.1) is 18.3 Å². The maximum Gasteiger partial charge on any atom is 0.229 e. The largest absolute Gasteiger partial charge is 0.368 e. The van der Waals surface area contributed by atoms with Crippen LogP contribution in [0.4, 0.5) is 11.8 Å². The highest BCUT2D eigenvalue weighted by molar-refractivity contribution is 6.29. The van der Waals surface area contributed by atoms with Gasteiger partial charge in [-0.05, 0) is 0 Å². The molecule has 16 heavy (non-hydrogen) atoms. The Morgan fingerprint density at radius 2 is 2.38 bits per heavy atom. The highest BCUT2D eigenvalue weighted by Crippen LogP contribution is 2.24. The van der Waals surface area contributed by atoms with Crippen molar-refractivity contribution in [3.05, 3.63) is 11.2 Å². The molecular weight excluding hydrogens is 228 g/mol. The molecule has 0 aromatic carbocycles. The number of hydrogen-bond acceptors (Lipinski definition) is 4. The van der Waals surface area contributed by atoms with Crippen molar-refractivity contribution in [1.82, 2.24) is 9.97 Å². The first-order chi connectivity index (χ1) is 7.60. The zero-order valence-electron chi connectivity index (χ0n) is 8.35. The van der Waals surface area contributed by atoms with Gasteiger partial charge in [0, 0.05) is 24.9 Å². The minimum Gasteiger partial charge on any atom is -0.368 e. The fraction of sp³-hybridized carbons (Fsp3) is 0.300. The average molecular weight is 237 g/mol. The quantitative estimate of drug-likeness (QED) is 0.576. The molecule has 1 atom stereocenters. The number of amides is 1. The van der Waals surface area contributed by atoms with Gasteiger partial charge in [-0.2, -0.15) is 4.98 Å². The normalized spacial score (nSPS) is 19.9. The van der Waals surface area contributed by atoms with Crippen LogP contribution in [0.25, 0.3) is 0 Å². The van der Waals surface area contributed by atoms with Crippen molar-refractivity contribution in [3.8, 4) is 12.3 Å². The topological polar surface area (TPSA) is 72.1 Å². The van der Waals surface area contributed by atoms with Gasteiger partial charge in [-0.25, -0.2) is 4.98 Å². The highest BCUT2D eigenvalue weighted by Gasteiger charge is 2.30. The second-order valence-electron chi connectivity index (χ2n) is 3.48. The lowest BCUT2D eigenvalue weighted by atomic mass is 10.1. The number of aromatic nitrogens is 2. The fourth-order valence-electron chi connectivity index (χ4n) is 1.60. The maximum atomic E-state index is 11.7. The SMILES string of the molecule is C#CC1CC(=O)N(c2cc(Cl)nc(N)n2)C1. The molecule has 0 radical (unpaired) electrons. The number of hydrogen-bond donors (Lipinski definition) is 1. The van der Waals surface area contributed by atoms with Gasteiger partial charge in [0.25, 0.3) is 0 Å². The molecule has 2 N–H and O–H groups in total. The van der Waals surface area contributed by atoms with Crippen molar-refractivity contribution in [1.29, 1.82) is 0 Å². The highest BCUT2D eigenvalue weighted by atomic mass is 35.5. The van der Waals surface area contributed by atoms with E-state index in [1.165, 1.54) is 11.0 Å². The average Bonchev–Trinajstić information content (AvgIpc) is 2.58. The van der Waals surface area contributed by atoms with E-state index in [1.54, 1.807) is 0 Å². The molecule has 1 fully saturated rings. The molecule has 1 saturated heterocycles. The Morgan fingerprint density at radius 1 is 1.62 bits per heavy atom. The Kier molecular flexibility index (Phi) is 2.67. The summed E-state index contributed by atoms with van der Waals surface area (Å²) in [6, 6.07) is 1.49. The number of nitrogens with two attached hydrogens (primary N) is 1. The Bertz CT molecular complexity index is 462. The van der Waals surface area contributed by atoms with Crippen LogP contribution in [0.1, 0.15) is 6.42 Å². The molecule has 1 aromatic heterocycles. The first kappa shape index (κ1) is 10.7. The van der Waals surface area contributed by atoms with Crippen LogP contribution in [0.3, 0.4) is 0 Å². The smallest absolute Gasteiger partial charge is 0.229 e. The number of terminal acetylenes is 1. The van der Waals surface area contributed by atoms with E-state index in [1.807, 2.05) is 0 Å². The molecule has 2 rings (SSSR count). The molecule has 1 unspecified atom stereocenters.